The van der Waals surface area contributed by atoms with Gasteiger partial charge in [0, 0.05) is 12.1 Å². The first-order valence-electron chi connectivity index (χ1n) is 9.16. The average molecular weight is 352 g/mol. The molecule has 0 spiro atoms. The molecule has 140 valence electrons. The van der Waals surface area contributed by atoms with E-state index in [0.29, 0.717) is 51.3 Å². The van der Waals surface area contributed by atoms with Crippen molar-refractivity contribution in [1.29, 1.82) is 0 Å². The van der Waals surface area contributed by atoms with Crippen LogP contribution in [-0.4, -0.2) is 66.9 Å². The zero-order chi connectivity index (χ0) is 17.3. The number of hydrogen-bond donors (Lipinski definition) is 1. The van der Waals surface area contributed by atoms with Gasteiger partial charge in [-0.25, -0.2) is 9.97 Å². The van der Waals surface area contributed by atoms with Crippen LogP contribution in [-0.2, 0) is 25.6 Å². The minimum atomic E-state index is -0.0357. The third-order valence-corrected chi connectivity index (χ3v) is 4.70. The first kappa shape index (κ1) is 18.7. The van der Waals surface area contributed by atoms with E-state index in [-0.39, 0.29) is 18.8 Å². The van der Waals surface area contributed by atoms with Crippen LogP contribution in [0.25, 0.3) is 0 Å². The minimum absolute atomic E-state index is 0.0357. The van der Waals surface area contributed by atoms with Gasteiger partial charge in [0.2, 0.25) is 0 Å². The molecule has 0 amide bonds. The van der Waals surface area contributed by atoms with Gasteiger partial charge in [-0.05, 0) is 31.7 Å². The lowest BCUT2D eigenvalue weighted by molar-refractivity contribution is -0.120. The van der Waals surface area contributed by atoms with E-state index in [1.165, 1.54) is 0 Å². The monoisotopic (exact) mass is 352 g/mol. The topological polar surface area (TPSA) is 82.9 Å². The fraction of sp³-hybridized carbons (Fsp3) is 0.778. The maximum Gasteiger partial charge on any atom is 0.131 e. The molecule has 0 radical (unpaired) electrons. The lowest BCUT2D eigenvalue weighted by atomic mass is 9.87. The normalized spacial score (nSPS) is 27.3. The molecule has 1 unspecified atom stereocenters. The van der Waals surface area contributed by atoms with E-state index in [1.807, 2.05) is 0 Å². The van der Waals surface area contributed by atoms with Gasteiger partial charge in [0.25, 0.3) is 0 Å². The summed E-state index contributed by atoms with van der Waals surface area (Å²) in [6, 6.07) is 1.75. The molecule has 1 aromatic heterocycles. The van der Waals surface area contributed by atoms with Crippen molar-refractivity contribution in [3.63, 3.8) is 0 Å². The Hall–Kier alpha value is -1.12. The highest BCUT2D eigenvalue weighted by Gasteiger charge is 2.24. The van der Waals surface area contributed by atoms with Crippen LogP contribution in [0.15, 0.2) is 12.3 Å². The van der Waals surface area contributed by atoms with Gasteiger partial charge < -0.3 is 24.1 Å². The maximum atomic E-state index is 9.19. The molecule has 1 N–H and O–H groups in total. The summed E-state index contributed by atoms with van der Waals surface area (Å²) in [6.45, 7) is 3.67. The second-order valence-corrected chi connectivity index (χ2v) is 6.55. The minimum Gasteiger partial charge on any atom is -0.390 e. The van der Waals surface area contributed by atoms with Gasteiger partial charge in [-0.3, -0.25) is 0 Å². The Morgan fingerprint density at radius 2 is 2.04 bits per heavy atom. The second kappa shape index (κ2) is 10.1. The fourth-order valence-electron chi connectivity index (χ4n) is 3.31. The highest BCUT2D eigenvalue weighted by molar-refractivity contribution is 5.05. The average Bonchev–Trinajstić information content (AvgIpc) is 2.69. The molecule has 1 aromatic rings. The molecular formula is C18H28N2O5. The van der Waals surface area contributed by atoms with Crippen molar-refractivity contribution in [2.45, 2.75) is 50.4 Å². The van der Waals surface area contributed by atoms with Crippen LogP contribution in [0.1, 0.15) is 43.1 Å². The molecule has 1 saturated heterocycles. The molecule has 3 rings (SSSR count). The summed E-state index contributed by atoms with van der Waals surface area (Å²) >= 11 is 0. The van der Waals surface area contributed by atoms with Crippen LogP contribution in [0, 0.1) is 0 Å². The van der Waals surface area contributed by atoms with Crippen molar-refractivity contribution in [3.8, 4) is 0 Å². The number of aromatic nitrogens is 2. The molecule has 1 saturated carbocycles. The van der Waals surface area contributed by atoms with Crippen molar-refractivity contribution >= 4 is 0 Å². The Bertz CT molecular complexity index is 502. The number of aliphatic hydroxyl groups is 1. The summed E-state index contributed by atoms with van der Waals surface area (Å²) in [4.78, 5) is 8.79. The SMILES string of the molecule is OCc1ccnc(C2CCC(OCCOCC3COCCO3)CC2)n1. The Morgan fingerprint density at radius 3 is 2.80 bits per heavy atom. The number of aliphatic hydroxyl groups excluding tert-OH is 1. The predicted molar refractivity (Wildman–Crippen MR) is 90.3 cm³/mol. The highest BCUT2D eigenvalue weighted by atomic mass is 16.6. The molecule has 1 aliphatic heterocycles. The molecule has 0 aromatic carbocycles. The molecule has 1 aliphatic carbocycles. The number of rotatable bonds is 8. The lowest BCUT2D eigenvalue weighted by Gasteiger charge is -2.28. The van der Waals surface area contributed by atoms with Gasteiger partial charge in [0.05, 0.1) is 58.0 Å². The van der Waals surface area contributed by atoms with Gasteiger partial charge in [-0.2, -0.15) is 0 Å². The van der Waals surface area contributed by atoms with Crippen molar-refractivity contribution in [2.24, 2.45) is 0 Å². The van der Waals surface area contributed by atoms with Crippen molar-refractivity contribution in [1.82, 2.24) is 9.97 Å². The summed E-state index contributed by atoms with van der Waals surface area (Å²) in [5, 5.41) is 9.19. The third kappa shape index (κ3) is 5.97. The predicted octanol–water partition coefficient (Wildman–Crippen LogP) is 1.44. The van der Waals surface area contributed by atoms with E-state index in [1.54, 1.807) is 12.3 Å². The Balaban J connectivity index is 1.28. The highest BCUT2D eigenvalue weighted by Crippen LogP contribution is 2.32. The summed E-state index contributed by atoms with van der Waals surface area (Å²) in [5.41, 5.74) is 0.688. The Morgan fingerprint density at radius 1 is 1.16 bits per heavy atom. The summed E-state index contributed by atoms with van der Waals surface area (Å²) < 4.78 is 22.4. The van der Waals surface area contributed by atoms with Gasteiger partial charge in [0.15, 0.2) is 0 Å². The van der Waals surface area contributed by atoms with Crippen molar-refractivity contribution < 1.29 is 24.1 Å². The lowest BCUT2D eigenvalue weighted by Crippen LogP contribution is -2.33. The molecule has 0 bridgehead atoms. The molecule has 2 aliphatic rings. The molecule has 2 fully saturated rings. The second-order valence-electron chi connectivity index (χ2n) is 6.55. The van der Waals surface area contributed by atoms with Gasteiger partial charge >= 0.3 is 0 Å². The van der Waals surface area contributed by atoms with Gasteiger partial charge in [0.1, 0.15) is 11.9 Å². The number of ether oxygens (including phenoxy) is 4. The van der Waals surface area contributed by atoms with E-state index in [4.69, 9.17) is 18.9 Å². The molecule has 7 nitrogen and oxygen atoms in total. The smallest absolute Gasteiger partial charge is 0.131 e. The van der Waals surface area contributed by atoms with Gasteiger partial charge in [-0.1, -0.05) is 0 Å². The van der Waals surface area contributed by atoms with E-state index in [2.05, 4.69) is 9.97 Å². The van der Waals surface area contributed by atoms with Crippen molar-refractivity contribution in [2.75, 3.05) is 39.6 Å². The Labute approximate surface area is 148 Å². The van der Waals surface area contributed by atoms with E-state index >= 15 is 0 Å². The van der Waals surface area contributed by atoms with E-state index < -0.39 is 0 Å². The zero-order valence-electron chi connectivity index (χ0n) is 14.6. The summed E-state index contributed by atoms with van der Waals surface area (Å²) in [6.07, 6.45) is 6.14. The zero-order valence-corrected chi connectivity index (χ0v) is 14.6. The first-order chi connectivity index (χ1) is 12.3. The summed E-state index contributed by atoms with van der Waals surface area (Å²) in [5.74, 6) is 1.22. The van der Waals surface area contributed by atoms with Crippen LogP contribution in [0.3, 0.4) is 0 Å². The standard InChI is InChI=1S/C18H28N2O5/c21-11-15-5-6-19-18(20-15)14-1-3-16(4-2-14)24-9-7-22-12-17-13-23-8-10-25-17/h5-6,14,16-17,21H,1-4,7-13H2. The van der Waals surface area contributed by atoms with E-state index in [0.717, 1.165) is 31.5 Å². The van der Waals surface area contributed by atoms with Gasteiger partial charge in [-0.15, -0.1) is 0 Å². The fourth-order valence-corrected chi connectivity index (χ4v) is 3.31. The number of nitrogens with zero attached hydrogens (tertiary/aromatic N) is 2. The Kier molecular flexibility index (Phi) is 7.56. The van der Waals surface area contributed by atoms with Crippen LogP contribution in [0.2, 0.25) is 0 Å². The molecule has 7 heteroatoms. The molecule has 2 heterocycles. The third-order valence-electron chi connectivity index (χ3n) is 4.70. The largest absolute Gasteiger partial charge is 0.390 e. The summed E-state index contributed by atoms with van der Waals surface area (Å²) in [7, 11) is 0. The van der Waals surface area contributed by atoms with Crippen molar-refractivity contribution in [3.05, 3.63) is 23.8 Å². The van der Waals surface area contributed by atoms with Crippen LogP contribution in [0.5, 0.6) is 0 Å². The van der Waals surface area contributed by atoms with E-state index in [9.17, 15) is 5.11 Å². The van der Waals surface area contributed by atoms with Crippen LogP contribution >= 0.6 is 0 Å². The first-order valence-corrected chi connectivity index (χ1v) is 9.16. The quantitative estimate of drug-likeness (QED) is 0.709. The number of hydrogen-bond acceptors (Lipinski definition) is 7. The van der Waals surface area contributed by atoms with Crippen LogP contribution < -0.4 is 0 Å². The maximum absolute atomic E-state index is 9.19. The molecule has 1 atom stereocenters. The molecular weight excluding hydrogens is 324 g/mol. The van der Waals surface area contributed by atoms with Crippen LogP contribution in [0.4, 0.5) is 0 Å². The molecule has 25 heavy (non-hydrogen) atoms.